The fraction of sp³-hybridized carbons (Fsp3) is 0.400. The van der Waals surface area contributed by atoms with Crippen molar-refractivity contribution in [2.24, 2.45) is 0 Å². The highest BCUT2D eigenvalue weighted by Gasteiger charge is 2.03. The molecule has 0 heterocycles. The Morgan fingerprint density at radius 1 is 1.43 bits per heavy atom. The van der Waals surface area contributed by atoms with Crippen LogP contribution in [-0.2, 0) is 10.6 Å². The molecule has 0 radical (unpaired) electrons. The van der Waals surface area contributed by atoms with E-state index in [0.717, 1.165) is 0 Å². The van der Waals surface area contributed by atoms with E-state index in [9.17, 15) is 4.39 Å². The van der Waals surface area contributed by atoms with E-state index in [1.807, 2.05) is 6.92 Å². The van der Waals surface area contributed by atoms with Gasteiger partial charge in [0.15, 0.2) is 6.79 Å². The van der Waals surface area contributed by atoms with Gasteiger partial charge in [0, 0.05) is 12.2 Å². The minimum absolute atomic E-state index is 0.159. The van der Waals surface area contributed by atoms with Crippen LogP contribution >= 0.6 is 11.6 Å². The van der Waals surface area contributed by atoms with Crippen LogP contribution in [0, 0.1) is 5.82 Å². The molecule has 0 spiro atoms. The van der Waals surface area contributed by atoms with Gasteiger partial charge in [0.25, 0.3) is 0 Å². The Morgan fingerprint density at radius 2 is 2.21 bits per heavy atom. The van der Waals surface area contributed by atoms with E-state index in [-0.39, 0.29) is 18.5 Å². The Balaban J connectivity index is 2.65. The maximum Gasteiger partial charge on any atom is 0.189 e. The van der Waals surface area contributed by atoms with Crippen LogP contribution in [0.5, 0.6) is 5.75 Å². The minimum Gasteiger partial charge on any atom is -0.467 e. The predicted octanol–water partition coefficient (Wildman–Crippen LogP) is 2.94. The average Bonchev–Trinajstić information content (AvgIpc) is 2.20. The number of halogens is 2. The van der Waals surface area contributed by atoms with Crippen molar-refractivity contribution in [2.75, 3.05) is 13.4 Å². The van der Waals surface area contributed by atoms with Crippen molar-refractivity contribution in [1.82, 2.24) is 0 Å². The summed E-state index contributed by atoms with van der Waals surface area (Å²) in [6.45, 7) is 2.61. The first kappa shape index (κ1) is 11.3. The van der Waals surface area contributed by atoms with Crippen LogP contribution in [0.2, 0.25) is 0 Å². The van der Waals surface area contributed by atoms with Crippen LogP contribution in [0.1, 0.15) is 12.5 Å². The van der Waals surface area contributed by atoms with Gasteiger partial charge in [-0.25, -0.2) is 4.39 Å². The summed E-state index contributed by atoms with van der Waals surface area (Å²) in [5, 5.41) is 0. The Hall–Kier alpha value is -0.800. The lowest BCUT2D eigenvalue weighted by molar-refractivity contribution is 0.0219. The smallest absolute Gasteiger partial charge is 0.189 e. The fourth-order valence-corrected chi connectivity index (χ4v) is 1.19. The van der Waals surface area contributed by atoms with Crippen molar-refractivity contribution in [2.45, 2.75) is 12.8 Å². The topological polar surface area (TPSA) is 18.5 Å². The number of hydrogen-bond donors (Lipinski definition) is 0. The quantitative estimate of drug-likeness (QED) is 0.430. The maximum absolute atomic E-state index is 12.8. The zero-order valence-corrected chi connectivity index (χ0v) is 8.68. The molecule has 0 amide bonds. The largest absolute Gasteiger partial charge is 0.467 e. The molecule has 14 heavy (non-hydrogen) atoms. The Morgan fingerprint density at radius 3 is 2.86 bits per heavy atom. The number of hydrogen-bond acceptors (Lipinski definition) is 2. The first-order valence-electron chi connectivity index (χ1n) is 4.33. The van der Waals surface area contributed by atoms with Gasteiger partial charge in [0.1, 0.15) is 11.6 Å². The molecule has 0 N–H and O–H groups in total. The first-order chi connectivity index (χ1) is 6.77. The molecule has 0 atom stereocenters. The Bertz CT molecular complexity index is 291. The molecular weight excluding hydrogens is 207 g/mol. The number of ether oxygens (including phenoxy) is 2. The monoisotopic (exact) mass is 218 g/mol. The van der Waals surface area contributed by atoms with Crippen molar-refractivity contribution in [1.29, 1.82) is 0 Å². The summed E-state index contributed by atoms with van der Waals surface area (Å²) in [5.41, 5.74) is 0.631. The predicted molar refractivity (Wildman–Crippen MR) is 53.1 cm³/mol. The molecular formula is C10H12ClFO2. The Labute approximate surface area is 87.6 Å². The fourth-order valence-electron chi connectivity index (χ4n) is 0.982. The van der Waals surface area contributed by atoms with E-state index in [0.29, 0.717) is 17.9 Å². The van der Waals surface area contributed by atoms with Crippen LogP contribution in [0.4, 0.5) is 4.39 Å². The van der Waals surface area contributed by atoms with Crippen molar-refractivity contribution in [3.05, 3.63) is 29.6 Å². The molecule has 0 aliphatic carbocycles. The van der Waals surface area contributed by atoms with Gasteiger partial charge in [-0.15, -0.1) is 11.6 Å². The van der Waals surface area contributed by atoms with Crippen molar-refractivity contribution >= 4 is 11.6 Å². The van der Waals surface area contributed by atoms with Gasteiger partial charge in [-0.1, -0.05) is 0 Å². The molecule has 4 heteroatoms. The summed E-state index contributed by atoms with van der Waals surface area (Å²) in [6.07, 6.45) is 0. The highest BCUT2D eigenvalue weighted by molar-refractivity contribution is 6.17. The molecule has 0 aliphatic rings. The van der Waals surface area contributed by atoms with Gasteiger partial charge < -0.3 is 9.47 Å². The lowest BCUT2D eigenvalue weighted by Crippen LogP contribution is -2.03. The van der Waals surface area contributed by atoms with Crippen LogP contribution in [0.3, 0.4) is 0 Å². The molecule has 0 unspecified atom stereocenters. The third kappa shape index (κ3) is 3.16. The van der Waals surface area contributed by atoms with Gasteiger partial charge in [0.05, 0.1) is 5.88 Å². The van der Waals surface area contributed by atoms with E-state index in [1.54, 1.807) is 6.07 Å². The summed E-state index contributed by atoms with van der Waals surface area (Å²) < 4.78 is 23.0. The molecule has 78 valence electrons. The summed E-state index contributed by atoms with van der Waals surface area (Å²) in [7, 11) is 0. The van der Waals surface area contributed by atoms with Crippen LogP contribution < -0.4 is 4.74 Å². The number of benzene rings is 1. The van der Waals surface area contributed by atoms with E-state index < -0.39 is 0 Å². The lowest BCUT2D eigenvalue weighted by atomic mass is 10.2. The molecule has 0 aromatic heterocycles. The van der Waals surface area contributed by atoms with E-state index in [2.05, 4.69) is 0 Å². The third-order valence-corrected chi connectivity index (χ3v) is 1.96. The van der Waals surface area contributed by atoms with Crippen molar-refractivity contribution in [3.63, 3.8) is 0 Å². The normalized spacial score (nSPS) is 10.2. The molecule has 0 fully saturated rings. The minimum atomic E-state index is -0.315. The maximum atomic E-state index is 12.8. The van der Waals surface area contributed by atoms with Gasteiger partial charge >= 0.3 is 0 Å². The average molecular weight is 219 g/mol. The van der Waals surface area contributed by atoms with E-state index in [1.165, 1.54) is 12.1 Å². The van der Waals surface area contributed by atoms with Crippen molar-refractivity contribution < 1.29 is 13.9 Å². The van der Waals surface area contributed by atoms with Crippen molar-refractivity contribution in [3.8, 4) is 5.75 Å². The molecule has 2 nitrogen and oxygen atoms in total. The van der Waals surface area contributed by atoms with Crippen LogP contribution in [0.25, 0.3) is 0 Å². The SMILES string of the molecule is CCOCOc1ccc(F)cc1CCl. The lowest BCUT2D eigenvalue weighted by Gasteiger charge is -2.09. The summed E-state index contributed by atoms with van der Waals surface area (Å²) in [6, 6.07) is 4.23. The highest BCUT2D eigenvalue weighted by atomic mass is 35.5. The highest BCUT2D eigenvalue weighted by Crippen LogP contribution is 2.21. The number of rotatable bonds is 5. The molecule has 0 bridgehead atoms. The van der Waals surface area contributed by atoms with Crippen LogP contribution in [0.15, 0.2) is 18.2 Å². The second-order valence-electron chi connectivity index (χ2n) is 2.64. The molecule has 0 saturated carbocycles. The summed E-state index contributed by atoms with van der Waals surface area (Å²) >= 11 is 5.63. The standard InChI is InChI=1S/C10H12ClFO2/c1-2-13-7-14-10-4-3-9(12)5-8(10)6-11/h3-5H,2,6-7H2,1H3. The molecule has 1 rings (SSSR count). The third-order valence-electron chi connectivity index (χ3n) is 1.67. The zero-order valence-electron chi connectivity index (χ0n) is 7.93. The molecule has 1 aromatic carbocycles. The zero-order chi connectivity index (χ0) is 10.4. The summed E-state index contributed by atoms with van der Waals surface area (Å²) in [4.78, 5) is 0. The summed E-state index contributed by atoms with van der Waals surface area (Å²) in [5.74, 6) is 0.471. The van der Waals surface area contributed by atoms with Gasteiger partial charge in [-0.3, -0.25) is 0 Å². The van der Waals surface area contributed by atoms with Crippen LogP contribution in [-0.4, -0.2) is 13.4 Å². The first-order valence-corrected chi connectivity index (χ1v) is 4.86. The molecule has 0 aliphatic heterocycles. The van der Waals surface area contributed by atoms with Gasteiger partial charge in [-0.05, 0) is 25.1 Å². The molecule has 0 saturated heterocycles. The number of alkyl halides is 1. The van der Waals surface area contributed by atoms with E-state index >= 15 is 0 Å². The second kappa shape index (κ2) is 5.83. The van der Waals surface area contributed by atoms with Gasteiger partial charge in [0.2, 0.25) is 0 Å². The van der Waals surface area contributed by atoms with E-state index in [4.69, 9.17) is 21.1 Å². The Kier molecular flexibility index (Phi) is 4.70. The molecule has 1 aromatic rings. The second-order valence-corrected chi connectivity index (χ2v) is 2.91. The van der Waals surface area contributed by atoms with Gasteiger partial charge in [-0.2, -0.15) is 0 Å².